The minimum absolute atomic E-state index is 0.0286. The first-order valence-corrected chi connectivity index (χ1v) is 12.2. The molecule has 2 aromatic carbocycles. The van der Waals surface area contributed by atoms with Gasteiger partial charge < -0.3 is 9.47 Å². The van der Waals surface area contributed by atoms with E-state index in [0.717, 1.165) is 46.1 Å². The van der Waals surface area contributed by atoms with Crippen molar-refractivity contribution in [2.24, 2.45) is 0 Å². The Hall–Kier alpha value is -2.09. The number of thioether (sulfide) groups is 1. The second-order valence-corrected chi connectivity index (χ2v) is 9.33. The third kappa shape index (κ3) is 4.48. The van der Waals surface area contributed by atoms with Crippen molar-refractivity contribution in [2.75, 3.05) is 30.4 Å². The molecule has 5 nitrogen and oxygen atoms in total. The van der Waals surface area contributed by atoms with E-state index in [0.29, 0.717) is 23.8 Å². The summed E-state index contributed by atoms with van der Waals surface area (Å²) < 4.78 is 12.6. The van der Waals surface area contributed by atoms with Gasteiger partial charge in [0.25, 0.3) is 5.91 Å². The van der Waals surface area contributed by atoms with Gasteiger partial charge in [0.05, 0.1) is 29.5 Å². The highest BCUT2D eigenvalue weighted by Crippen LogP contribution is 2.36. The summed E-state index contributed by atoms with van der Waals surface area (Å²) in [6, 6.07) is 13.7. The van der Waals surface area contributed by atoms with Crippen molar-refractivity contribution in [3.63, 3.8) is 0 Å². The lowest BCUT2D eigenvalue weighted by atomic mass is 10.1. The first-order chi connectivity index (χ1) is 14.7. The molecule has 1 aromatic heterocycles. The van der Waals surface area contributed by atoms with Gasteiger partial charge in [0.15, 0.2) is 5.13 Å². The van der Waals surface area contributed by atoms with Crippen LogP contribution in [0.15, 0.2) is 47.4 Å². The van der Waals surface area contributed by atoms with Gasteiger partial charge >= 0.3 is 0 Å². The predicted octanol–water partition coefficient (Wildman–Crippen LogP) is 5.63. The number of fused-ring (bicyclic) bond motifs is 1. The second kappa shape index (κ2) is 9.81. The number of rotatable bonds is 8. The molecule has 7 heteroatoms. The monoisotopic (exact) mass is 442 g/mol. The Morgan fingerprint density at radius 1 is 1.27 bits per heavy atom. The molecular formula is C23H26N2O3S2. The molecule has 1 saturated heterocycles. The molecule has 0 aliphatic carbocycles. The highest BCUT2D eigenvalue weighted by atomic mass is 32.2. The molecule has 158 valence electrons. The van der Waals surface area contributed by atoms with Crippen molar-refractivity contribution in [3.8, 4) is 5.75 Å². The minimum Gasteiger partial charge on any atom is -0.492 e. The third-order valence-corrected chi connectivity index (χ3v) is 6.97. The molecule has 0 N–H and O–H groups in total. The summed E-state index contributed by atoms with van der Waals surface area (Å²) in [5.41, 5.74) is 1.52. The van der Waals surface area contributed by atoms with Gasteiger partial charge in [-0.05, 0) is 49.8 Å². The van der Waals surface area contributed by atoms with Gasteiger partial charge in [0.1, 0.15) is 11.3 Å². The van der Waals surface area contributed by atoms with Crippen LogP contribution in [0.3, 0.4) is 0 Å². The molecule has 1 atom stereocenters. The summed E-state index contributed by atoms with van der Waals surface area (Å²) in [6.07, 6.45) is 2.03. The number of hydrogen-bond donors (Lipinski definition) is 0. The Kier molecular flexibility index (Phi) is 6.92. The highest BCUT2D eigenvalue weighted by molar-refractivity contribution is 7.99. The molecule has 0 spiro atoms. The van der Waals surface area contributed by atoms with E-state index in [-0.39, 0.29) is 12.0 Å². The summed E-state index contributed by atoms with van der Waals surface area (Å²) in [5.74, 6) is 1.64. The van der Waals surface area contributed by atoms with Gasteiger partial charge in [-0.1, -0.05) is 36.5 Å². The number of ether oxygens (including phenoxy) is 2. The topological polar surface area (TPSA) is 51.7 Å². The van der Waals surface area contributed by atoms with E-state index in [1.807, 2.05) is 49.4 Å². The molecule has 2 heterocycles. The van der Waals surface area contributed by atoms with Crippen LogP contribution in [0.25, 0.3) is 10.2 Å². The van der Waals surface area contributed by atoms with Crippen LogP contribution in [0.5, 0.6) is 5.75 Å². The quantitative estimate of drug-likeness (QED) is 0.423. The Bertz CT molecular complexity index is 1010. The number of hydrogen-bond acceptors (Lipinski definition) is 6. The molecule has 0 saturated carbocycles. The van der Waals surface area contributed by atoms with Crippen molar-refractivity contribution in [3.05, 3.63) is 48.0 Å². The number of aromatic nitrogens is 1. The first-order valence-electron chi connectivity index (χ1n) is 10.4. The summed E-state index contributed by atoms with van der Waals surface area (Å²) in [7, 11) is 0. The number of nitrogens with zero attached hydrogens (tertiary/aromatic N) is 2. The zero-order valence-electron chi connectivity index (χ0n) is 17.3. The molecule has 1 amide bonds. The molecule has 30 heavy (non-hydrogen) atoms. The number of benzene rings is 2. The minimum atomic E-state index is -0.0286. The first kappa shape index (κ1) is 21.2. The largest absolute Gasteiger partial charge is 0.492 e. The average molecular weight is 443 g/mol. The maximum absolute atomic E-state index is 13.7. The van der Waals surface area contributed by atoms with Crippen LogP contribution in [0, 0.1) is 0 Å². The van der Waals surface area contributed by atoms with Crippen molar-refractivity contribution in [1.29, 1.82) is 0 Å². The van der Waals surface area contributed by atoms with Crippen molar-refractivity contribution in [1.82, 2.24) is 4.98 Å². The summed E-state index contributed by atoms with van der Waals surface area (Å²) in [5, 5.41) is 0.689. The van der Waals surface area contributed by atoms with E-state index in [2.05, 4.69) is 6.92 Å². The van der Waals surface area contributed by atoms with E-state index in [1.54, 1.807) is 16.7 Å². The summed E-state index contributed by atoms with van der Waals surface area (Å²) >= 11 is 3.21. The van der Waals surface area contributed by atoms with E-state index < -0.39 is 0 Å². The zero-order chi connectivity index (χ0) is 20.9. The fourth-order valence-corrected chi connectivity index (χ4v) is 5.40. The zero-order valence-corrected chi connectivity index (χ0v) is 18.9. The van der Waals surface area contributed by atoms with Crippen LogP contribution in [0.4, 0.5) is 5.13 Å². The van der Waals surface area contributed by atoms with Crippen LogP contribution in [-0.4, -0.2) is 42.5 Å². The van der Waals surface area contributed by atoms with E-state index >= 15 is 0 Å². The van der Waals surface area contributed by atoms with Gasteiger partial charge in [0, 0.05) is 11.5 Å². The lowest BCUT2D eigenvalue weighted by molar-refractivity contribution is 0.0915. The molecule has 4 rings (SSSR count). The van der Waals surface area contributed by atoms with Gasteiger partial charge in [-0.25, -0.2) is 4.98 Å². The molecule has 1 aliphatic rings. The van der Waals surface area contributed by atoms with Crippen LogP contribution < -0.4 is 9.64 Å². The number of carbonyl (C=O) groups is 1. The Labute approximate surface area is 185 Å². The van der Waals surface area contributed by atoms with Gasteiger partial charge in [-0.3, -0.25) is 9.69 Å². The fourth-order valence-electron chi connectivity index (χ4n) is 3.61. The van der Waals surface area contributed by atoms with Crippen LogP contribution >= 0.6 is 23.1 Å². The number of amides is 1. The molecule has 3 aromatic rings. The number of carbonyl (C=O) groups excluding carboxylic acids is 1. The summed E-state index contributed by atoms with van der Waals surface area (Å²) in [4.78, 5) is 21.3. The van der Waals surface area contributed by atoms with Gasteiger partial charge in [-0.15, -0.1) is 11.8 Å². The van der Waals surface area contributed by atoms with Crippen molar-refractivity contribution < 1.29 is 14.3 Å². The average Bonchev–Trinajstić information content (AvgIpc) is 3.42. The predicted molar refractivity (Wildman–Crippen MR) is 124 cm³/mol. The van der Waals surface area contributed by atoms with Crippen LogP contribution in [-0.2, 0) is 4.74 Å². The second-order valence-electron chi connectivity index (χ2n) is 7.01. The Morgan fingerprint density at radius 2 is 2.13 bits per heavy atom. The number of para-hydroxylation sites is 1. The van der Waals surface area contributed by atoms with Crippen molar-refractivity contribution in [2.45, 2.75) is 37.7 Å². The maximum Gasteiger partial charge on any atom is 0.261 e. The molecule has 1 fully saturated rings. The van der Waals surface area contributed by atoms with Gasteiger partial charge in [0.2, 0.25) is 0 Å². The van der Waals surface area contributed by atoms with Gasteiger partial charge in [-0.2, -0.15) is 0 Å². The maximum atomic E-state index is 13.7. The standard InChI is InChI=1S/C23H26N2O3S2/c1-3-27-18-11-7-13-20-21(18)24-23(30-20)25(15-16-9-8-14-28-16)22(26)17-10-5-6-12-19(17)29-4-2/h5-7,10-13,16H,3-4,8-9,14-15H2,1-2H3. The van der Waals surface area contributed by atoms with E-state index in [4.69, 9.17) is 14.5 Å². The van der Waals surface area contributed by atoms with Crippen LogP contribution in [0.2, 0.25) is 0 Å². The van der Waals surface area contributed by atoms with E-state index in [1.165, 1.54) is 11.3 Å². The molecule has 1 unspecified atom stereocenters. The molecular weight excluding hydrogens is 416 g/mol. The highest BCUT2D eigenvalue weighted by Gasteiger charge is 2.28. The molecule has 0 radical (unpaired) electrons. The smallest absolute Gasteiger partial charge is 0.261 e. The fraction of sp³-hybridized carbons (Fsp3) is 0.391. The Morgan fingerprint density at radius 3 is 2.90 bits per heavy atom. The van der Waals surface area contributed by atoms with Crippen LogP contribution in [0.1, 0.15) is 37.0 Å². The molecule has 0 bridgehead atoms. The number of thiazole rings is 1. The summed E-state index contributed by atoms with van der Waals surface area (Å²) in [6.45, 7) is 5.89. The third-order valence-electron chi connectivity index (χ3n) is 4.97. The number of anilines is 1. The lowest BCUT2D eigenvalue weighted by Gasteiger charge is -2.24. The normalized spacial score (nSPS) is 16.1. The van der Waals surface area contributed by atoms with Crippen molar-refractivity contribution >= 4 is 44.4 Å². The molecule has 1 aliphatic heterocycles. The lowest BCUT2D eigenvalue weighted by Crippen LogP contribution is -2.37. The Balaban J connectivity index is 1.74. The SMILES string of the molecule is CCOc1cccc2sc(N(CC3CCCO3)C(=O)c3ccccc3SCC)nc12. The van der Waals surface area contributed by atoms with E-state index in [9.17, 15) is 4.79 Å².